The Balaban J connectivity index is 1.75. The maximum Gasteiger partial charge on any atom is 0.0266 e. The van der Waals surface area contributed by atoms with Gasteiger partial charge in [-0.1, -0.05) is 18.6 Å². The number of thioether (sulfide) groups is 1. The van der Waals surface area contributed by atoms with Gasteiger partial charge in [0.2, 0.25) is 0 Å². The van der Waals surface area contributed by atoms with Crippen molar-refractivity contribution in [1.82, 2.24) is 4.90 Å². The molecule has 1 fully saturated rings. The Morgan fingerprint density at radius 3 is 2.68 bits per heavy atom. The van der Waals surface area contributed by atoms with Crippen LogP contribution >= 0.6 is 11.8 Å². The van der Waals surface area contributed by atoms with E-state index in [-0.39, 0.29) is 6.04 Å². The van der Waals surface area contributed by atoms with Gasteiger partial charge in [0, 0.05) is 17.0 Å². The van der Waals surface area contributed by atoms with E-state index in [1.54, 1.807) is 0 Å². The summed E-state index contributed by atoms with van der Waals surface area (Å²) < 4.78 is 0. The highest BCUT2D eigenvalue weighted by Gasteiger charge is 2.18. The molecule has 0 spiro atoms. The fourth-order valence-electron chi connectivity index (χ4n) is 2.69. The molecule has 0 saturated carbocycles. The molecular formula is C16H26N2S. The summed E-state index contributed by atoms with van der Waals surface area (Å²) in [5.74, 6) is 1.21. The average Bonchev–Trinajstić information content (AvgIpc) is 2.41. The molecule has 1 saturated heterocycles. The molecule has 1 aliphatic heterocycles. The summed E-state index contributed by atoms with van der Waals surface area (Å²) in [4.78, 5) is 3.89. The monoisotopic (exact) mass is 278 g/mol. The molecule has 2 nitrogen and oxygen atoms in total. The lowest BCUT2D eigenvalue weighted by atomic mass is 10.0. The van der Waals surface area contributed by atoms with E-state index in [1.165, 1.54) is 48.4 Å². The lowest BCUT2D eigenvalue weighted by Gasteiger charge is -2.32. The van der Waals surface area contributed by atoms with Crippen molar-refractivity contribution in [3.8, 4) is 0 Å². The van der Waals surface area contributed by atoms with E-state index in [0.717, 1.165) is 6.04 Å². The fourth-order valence-corrected chi connectivity index (χ4v) is 3.64. The summed E-state index contributed by atoms with van der Waals surface area (Å²) in [6.07, 6.45) is 5.46. The first-order valence-corrected chi connectivity index (χ1v) is 8.34. The zero-order chi connectivity index (χ0) is 13.7. The average molecular weight is 278 g/mol. The molecule has 2 rings (SSSR count). The minimum atomic E-state index is 0.134. The minimum Gasteiger partial charge on any atom is -0.324 e. The van der Waals surface area contributed by atoms with Crippen LogP contribution in [0.2, 0.25) is 0 Å². The molecule has 0 amide bonds. The van der Waals surface area contributed by atoms with Crippen LogP contribution in [0, 0.1) is 0 Å². The number of piperidine rings is 1. The van der Waals surface area contributed by atoms with Crippen molar-refractivity contribution in [1.29, 1.82) is 0 Å². The van der Waals surface area contributed by atoms with Crippen LogP contribution in [0.5, 0.6) is 0 Å². The molecule has 106 valence electrons. The van der Waals surface area contributed by atoms with Crippen LogP contribution in [0.25, 0.3) is 0 Å². The molecule has 19 heavy (non-hydrogen) atoms. The first-order valence-electron chi connectivity index (χ1n) is 7.35. The Morgan fingerprint density at radius 1 is 1.32 bits per heavy atom. The van der Waals surface area contributed by atoms with E-state index in [4.69, 9.17) is 5.73 Å². The zero-order valence-electron chi connectivity index (χ0n) is 12.1. The predicted octanol–water partition coefficient (Wildman–Crippen LogP) is 3.67. The lowest BCUT2D eigenvalue weighted by molar-refractivity contribution is 0.182. The number of nitrogens with two attached hydrogens (primary N) is 1. The highest BCUT2D eigenvalue weighted by molar-refractivity contribution is 7.99. The van der Waals surface area contributed by atoms with E-state index in [9.17, 15) is 0 Å². The number of hydrogen-bond donors (Lipinski definition) is 1. The van der Waals surface area contributed by atoms with Crippen LogP contribution < -0.4 is 5.73 Å². The van der Waals surface area contributed by atoms with E-state index in [0.29, 0.717) is 0 Å². The van der Waals surface area contributed by atoms with Crippen molar-refractivity contribution in [2.75, 3.05) is 19.3 Å². The second-order valence-corrected chi connectivity index (χ2v) is 6.79. The Labute approximate surface area is 121 Å². The maximum absolute atomic E-state index is 5.86. The first kappa shape index (κ1) is 14.9. The third-order valence-electron chi connectivity index (χ3n) is 4.05. The number of benzene rings is 1. The summed E-state index contributed by atoms with van der Waals surface area (Å²) in [6.45, 7) is 3.31. The van der Waals surface area contributed by atoms with Gasteiger partial charge in [0.1, 0.15) is 0 Å². The smallest absolute Gasteiger partial charge is 0.0266 e. The van der Waals surface area contributed by atoms with E-state index >= 15 is 0 Å². The van der Waals surface area contributed by atoms with Crippen molar-refractivity contribution in [3.63, 3.8) is 0 Å². The Hall–Kier alpha value is -0.510. The molecule has 1 aromatic rings. The molecule has 0 aliphatic carbocycles. The highest BCUT2D eigenvalue weighted by Crippen LogP contribution is 2.24. The van der Waals surface area contributed by atoms with Crippen molar-refractivity contribution in [2.45, 2.75) is 49.6 Å². The second kappa shape index (κ2) is 7.32. The van der Waals surface area contributed by atoms with Gasteiger partial charge in [-0.05, 0) is 63.2 Å². The molecule has 2 unspecified atom stereocenters. The SMILES string of the molecule is CC(N)c1ccc(SCCC2CCCCN2C)cc1. The van der Waals surface area contributed by atoms with Crippen LogP contribution in [0.15, 0.2) is 29.2 Å². The Bertz CT molecular complexity index is 375. The van der Waals surface area contributed by atoms with Gasteiger partial charge in [-0.3, -0.25) is 0 Å². The third-order valence-corrected chi connectivity index (χ3v) is 5.09. The number of nitrogens with zero attached hydrogens (tertiary/aromatic N) is 1. The Morgan fingerprint density at radius 2 is 2.05 bits per heavy atom. The molecule has 0 aromatic heterocycles. The van der Waals surface area contributed by atoms with Gasteiger partial charge >= 0.3 is 0 Å². The molecule has 3 heteroatoms. The quantitative estimate of drug-likeness (QED) is 0.833. The molecule has 0 radical (unpaired) electrons. The number of rotatable bonds is 5. The molecular weight excluding hydrogens is 252 g/mol. The molecule has 2 N–H and O–H groups in total. The Kier molecular flexibility index (Phi) is 5.74. The van der Waals surface area contributed by atoms with E-state index < -0.39 is 0 Å². The second-order valence-electron chi connectivity index (χ2n) is 5.63. The van der Waals surface area contributed by atoms with Crippen molar-refractivity contribution in [3.05, 3.63) is 29.8 Å². The standard InChI is InChI=1S/C16H26N2S/c1-13(17)14-6-8-16(9-7-14)19-12-10-15-5-3-4-11-18(15)2/h6-9,13,15H,3-5,10-12,17H2,1-2H3. The van der Waals surface area contributed by atoms with Gasteiger partial charge in [0.15, 0.2) is 0 Å². The topological polar surface area (TPSA) is 29.3 Å². The number of hydrogen-bond acceptors (Lipinski definition) is 3. The van der Waals surface area contributed by atoms with Gasteiger partial charge in [-0.15, -0.1) is 11.8 Å². The van der Waals surface area contributed by atoms with Gasteiger partial charge < -0.3 is 10.6 Å². The van der Waals surface area contributed by atoms with Crippen LogP contribution in [0.1, 0.15) is 44.2 Å². The van der Waals surface area contributed by atoms with Crippen LogP contribution in [0.3, 0.4) is 0 Å². The molecule has 1 aromatic carbocycles. The van der Waals surface area contributed by atoms with Crippen molar-refractivity contribution in [2.24, 2.45) is 5.73 Å². The largest absolute Gasteiger partial charge is 0.324 e. The summed E-state index contributed by atoms with van der Waals surface area (Å²) in [5, 5.41) is 0. The summed E-state index contributed by atoms with van der Waals surface area (Å²) in [7, 11) is 2.27. The third kappa shape index (κ3) is 4.51. The summed E-state index contributed by atoms with van der Waals surface area (Å²) in [6, 6.07) is 9.64. The molecule has 1 aliphatic rings. The van der Waals surface area contributed by atoms with Crippen molar-refractivity contribution < 1.29 is 0 Å². The van der Waals surface area contributed by atoms with Crippen molar-refractivity contribution >= 4 is 11.8 Å². The van der Waals surface area contributed by atoms with Crippen LogP contribution in [-0.4, -0.2) is 30.3 Å². The van der Waals surface area contributed by atoms with E-state index in [1.807, 2.05) is 18.7 Å². The van der Waals surface area contributed by atoms with Crippen LogP contribution in [0.4, 0.5) is 0 Å². The molecule has 2 atom stereocenters. The molecule has 1 heterocycles. The lowest BCUT2D eigenvalue weighted by Crippen LogP contribution is -2.36. The normalized spacial score (nSPS) is 22.4. The zero-order valence-corrected chi connectivity index (χ0v) is 13.0. The van der Waals surface area contributed by atoms with Gasteiger partial charge in [-0.25, -0.2) is 0 Å². The highest BCUT2D eigenvalue weighted by atomic mass is 32.2. The van der Waals surface area contributed by atoms with E-state index in [2.05, 4.69) is 36.2 Å². The van der Waals surface area contributed by atoms with Gasteiger partial charge in [-0.2, -0.15) is 0 Å². The fraction of sp³-hybridized carbons (Fsp3) is 0.625. The maximum atomic E-state index is 5.86. The van der Waals surface area contributed by atoms with Gasteiger partial charge in [0.25, 0.3) is 0 Å². The van der Waals surface area contributed by atoms with Gasteiger partial charge in [0.05, 0.1) is 0 Å². The number of likely N-dealkylation sites (tertiary alicyclic amines) is 1. The summed E-state index contributed by atoms with van der Waals surface area (Å²) >= 11 is 1.97. The summed E-state index contributed by atoms with van der Waals surface area (Å²) in [5.41, 5.74) is 7.08. The molecule has 0 bridgehead atoms. The first-order chi connectivity index (χ1) is 9.16. The van der Waals surface area contributed by atoms with Crippen LogP contribution in [-0.2, 0) is 0 Å². The predicted molar refractivity (Wildman–Crippen MR) is 84.7 cm³/mol. The minimum absolute atomic E-state index is 0.134.